The van der Waals surface area contributed by atoms with Gasteiger partial charge in [0.25, 0.3) is 0 Å². The predicted molar refractivity (Wildman–Crippen MR) is 83.4 cm³/mol. The van der Waals surface area contributed by atoms with Gasteiger partial charge < -0.3 is 9.88 Å². The highest BCUT2D eigenvalue weighted by Gasteiger charge is 2.40. The topological polar surface area (TPSA) is 25.8 Å². The summed E-state index contributed by atoms with van der Waals surface area (Å²) in [5.74, 6) is 0. The minimum Gasteiger partial charge on any atom is -0.528 e. The lowest BCUT2D eigenvalue weighted by molar-refractivity contribution is -0.514. The molecule has 0 aromatic heterocycles. The Morgan fingerprint density at radius 2 is 1.61 bits per heavy atom. The lowest BCUT2D eigenvalue weighted by atomic mass is 9.42. The fourth-order valence-electron chi connectivity index (χ4n) is 2.77. The van der Waals surface area contributed by atoms with Crippen LogP contribution in [0.2, 0.25) is 0 Å². The average molecular weight is 351 g/mol. The third kappa shape index (κ3) is 2.09. The van der Waals surface area contributed by atoms with Crippen LogP contribution in [0.4, 0.5) is 0 Å². The Kier molecular flexibility index (Phi) is 3.41. The molecule has 0 saturated carbocycles. The molecule has 4 heteroatoms. The van der Waals surface area contributed by atoms with Gasteiger partial charge in [-0.05, 0) is 22.6 Å². The highest BCUT2D eigenvalue weighted by molar-refractivity contribution is 14.1. The van der Waals surface area contributed by atoms with Crippen LogP contribution in [0, 0.1) is 3.57 Å². The number of hydrogen-bond donors (Lipinski definition) is 1. The van der Waals surface area contributed by atoms with Crippen molar-refractivity contribution in [2.24, 2.45) is 0 Å². The first-order valence-corrected chi connectivity index (χ1v) is 7.34. The van der Waals surface area contributed by atoms with E-state index in [4.69, 9.17) is 4.65 Å². The molecular weight excluding hydrogens is 336 g/mol. The van der Waals surface area contributed by atoms with E-state index in [1.54, 1.807) is 0 Å². The SMILES string of the molecule is Ic1ccc([B-]2(c3ccccc3)[NH2+]CCO2)cc1. The molecule has 1 heterocycles. The van der Waals surface area contributed by atoms with E-state index in [2.05, 4.69) is 82.4 Å². The predicted octanol–water partition coefficient (Wildman–Crippen LogP) is 0.441. The minimum atomic E-state index is -1.11. The third-order valence-corrected chi connectivity index (χ3v) is 4.38. The Morgan fingerprint density at radius 1 is 0.944 bits per heavy atom. The first kappa shape index (κ1) is 12.2. The molecule has 0 bridgehead atoms. The molecule has 1 unspecified atom stereocenters. The highest BCUT2D eigenvalue weighted by atomic mass is 127. The summed E-state index contributed by atoms with van der Waals surface area (Å²) < 4.78 is 7.41. The first-order chi connectivity index (χ1) is 8.81. The second kappa shape index (κ2) is 5.03. The van der Waals surface area contributed by atoms with Gasteiger partial charge in [-0.1, -0.05) is 54.6 Å². The van der Waals surface area contributed by atoms with Crippen molar-refractivity contribution in [3.8, 4) is 0 Å². The minimum absolute atomic E-state index is 0.820. The van der Waals surface area contributed by atoms with Crippen LogP contribution in [0.5, 0.6) is 0 Å². The van der Waals surface area contributed by atoms with Gasteiger partial charge in [0.2, 0.25) is 0 Å². The van der Waals surface area contributed by atoms with Crippen molar-refractivity contribution in [2.45, 2.75) is 0 Å². The Bertz CT molecular complexity index is 523. The van der Waals surface area contributed by atoms with Crippen LogP contribution in [0.1, 0.15) is 0 Å². The van der Waals surface area contributed by atoms with Gasteiger partial charge in [0.15, 0.2) is 0 Å². The second-order valence-corrected chi connectivity index (χ2v) is 5.95. The summed E-state index contributed by atoms with van der Waals surface area (Å²) in [5, 5.41) is 2.34. The van der Waals surface area contributed by atoms with Crippen LogP contribution in [-0.4, -0.2) is 19.6 Å². The number of benzene rings is 2. The summed E-state index contributed by atoms with van der Waals surface area (Å²) in [6, 6.07) is 19.2. The van der Waals surface area contributed by atoms with Crippen LogP contribution in [0.15, 0.2) is 54.6 Å². The van der Waals surface area contributed by atoms with Gasteiger partial charge in [0, 0.05) is 3.57 Å². The zero-order valence-electron chi connectivity index (χ0n) is 10.1. The van der Waals surface area contributed by atoms with Gasteiger partial charge in [-0.3, -0.25) is 0 Å². The van der Waals surface area contributed by atoms with Crippen molar-refractivity contribution < 1.29 is 9.88 Å². The number of hydrogen-bond acceptors (Lipinski definition) is 1. The molecule has 92 valence electrons. The molecule has 0 amide bonds. The monoisotopic (exact) mass is 351 g/mol. The van der Waals surface area contributed by atoms with Gasteiger partial charge >= 0.3 is 6.48 Å². The maximum atomic E-state index is 6.16. The Labute approximate surface area is 121 Å². The van der Waals surface area contributed by atoms with Crippen molar-refractivity contribution >= 4 is 40.0 Å². The zero-order chi connectivity index (χ0) is 12.4. The molecule has 3 rings (SSSR count). The molecule has 1 aliphatic rings. The van der Waals surface area contributed by atoms with Gasteiger partial charge in [-0.15, -0.1) is 10.9 Å². The summed E-state index contributed by atoms with van der Waals surface area (Å²) in [7, 11) is 0. The fourth-order valence-corrected chi connectivity index (χ4v) is 3.13. The van der Waals surface area contributed by atoms with E-state index in [9.17, 15) is 0 Å². The van der Waals surface area contributed by atoms with E-state index in [0.29, 0.717) is 0 Å². The third-order valence-electron chi connectivity index (χ3n) is 3.66. The normalized spacial score (nSPS) is 23.2. The molecule has 1 atom stereocenters. The van der Waals surface area contributed by atoms with Gasteiger partial charge in [-0.25, -0.2) is 0 Å². The molecule has 2 aromatic carbocycles. The molecule has 2 aromatic rings. The van der Waals surface area contributed by atoms with E-state index in [1.165, 1.54) is 14.5 Å². The fraction of sp³-hybridized carbons (Fsp3) is 0.143. The van der Waals surface area contributed by atoms with Crippen LogP contribution >= 0.6 is 22.6 Å². The summed E-state index contributed by atoms with van der Waals surface area (Å²) in [5.41, 5.74) is 2.55. The van der Waals surface area contributed by atoms with E-state index >= 15 is 0 Å². The molecule has 18 heavy (non-hydrogen) atoms. The van der Waals surface area contributed by atoms with Crippen molar-refractivity contribution in [1.82, 2.24) is 0 Å². The highest BCUT2D eigenvalue weighted by Crippen LogP contribution is 2.06. The molecule has 0 aliphatic carbocycles. The zero-order valence-corrected chi connectivity index (χ0v) is 12.2. The van der Waals surface area contributed by atoms with Crippen LogP contribution in [0.3, 0.4) is 0 Å². The molecule has 1 fully saturated rings. The van der Waals surface area contributed by atoms with Crippen molar-refractivity contribution in [3.05, 3.63) is 58.2 Å². The smallest absolute Gasteiger partial charge is 0.388 e. The average Bonchev–Trinajstić information content (AvgIpc) is 2.91. The number of halogens is 1. The van der Waals surface area contributed by atoms with Crippen molar-refractivity contribution in [1.29, 1.82) is 0 Å². The molecule has 1 aliphatic heterocycles. The maximum absolute atomic E-state index is 6.16. The van der Waals surface area contributed by atoms with E-state index < -0.39 is 6.48 Å². The van der Waals surface area contributed by atoms with Crippen LogP contribution < -0.4 is 16.2 Å². The van der Waals surface area contributed by atoms with Crippen molar-refractivity contribution in [2.75, 3.05) is 13.2 Å². The second-order valence-electron chi connectivity index (χ2n) is 4.71. The standard InChI is InChI=1S/C14H15BINO/c16-14-8-6-13(7-9-14)15(17-10-11-18-15)12-4-2-1-3-5-12/h1-9H,10-11,17H2. The van der Waals surface area contributed by atoms with Gasteiger partial charge in [-0.2, -0.15) is 0 Å². The summed E-state index contributed by atoms with van der Waals surface area (Å²) in [6.45, 7) is 0.737. The first-order valence-electron chi connectivity index (χ1n) is 6.26. The lowest BCUT2D eigenvalue weighted by Gasteiger charge is -2.31. The van der Waals surface area contributed by atoms with Gasteiger partial charge in [0.05, 0.1) is 13.2 Å². The lowest BCUT2D eigenvalue weighted by Crippen LogP contribution is -3.04. The van der Waals surface area contributed by atoms with Crippen molar-refractivity contribution in [3.63, 3.8) is 0 Å². The summed E-state index contributed by atoms with van der Waals surface area (Å²) in [6.07, 6.45) is 0. The number of rotatable bonds is 2. The summed E-state index contributed by atoms with van der Waals surface area (Å²) >= 11 is 2.34. The molecule has 0 spiro atoms. The summed E-state index contributed by atoms with van der Waals surface area (Å²) in [4.78, 5) is 0. The Hall–Kier alpha value is -0.845. The number of nitrogens with two attached hydrogens (primary N) is 1. The Balaban J connectivity index is 2.10. The number of quaternary nitrogens is 1. The maximum Gasteiger partial charge on any atom is 0.388 e. The molecule has 2 nitrogen and oxygen atoms in total. The van der Waals surface area contributed by atoms with E-state index in [1.807, 2.05) is 0 Å². The molecular formula is C14H15BINO. The van der Waals surface area contributed by atoms with E-state index in [-0.39, 0.29) is 0 Å². The molecule has 1 saturated heterocycles. The van der Waals surface area contributed by atoms with Gasteiger partial charge in [0.1, 0.15) is 0 Å². The van der Waals surface area contributed by atoms with Crippen LogP contribution in [0.25, 0.3) is 0 Å². The van der Waals surface area contributed by atoms with E-state index in [0.717, 1.165) is 13.2 Å². The molecule has 0 radical (unpaired) electrons. The Morgan fingerprint density at radius 3 is 2.22 bits per heavy atom. The quantitative estimate of drug-likeness (QED) is 0.617. The molecule has 2 N–H and O–H groups in total. The largest absolute Gasteiger partial charge is 0.528 e. The van der Waals surface area contributed by atoms with Crippen LogP contribution in [-0.2, 0) is 4.65 Å².